The molecule has 1 aromatic heterocycles. The van der Waals surface area contributed by atoms with Gasteiger partial charge in [-0.2, -0.15) is 0 Å². The minimum absolute atomic E-state index is 0.118. The number of hydrogen-bond acceptors (Lipinski definition) is 9. The van der Waals surface area contributed by atoms with E-state index in [-0.39, 0.29) is 24.4 Å². The predicted octanol–water partition coefficient (Wildman–Crippen LogP) is 2.50. The SMILES string of the molecule is Cc1ccc(C)c(N2CCN(c3cc(N(C)CCO)c([N+](=O)[O-])c4nonc34)CC2)c1. The van der Waals surface area contributed by atoms with Crippen molar-refractivity contribution < 1.29 is 14.7 Å². The summed E-state index contributed by atoms with van der Waals surface area (Å²) in [4.78, 5) is 17.5. The monoisotopic (exact) mass is 426 g/mol. The van der Waals surface area contributed by atoms with Crippen LogP contribution in [-0.4, -0.2) is 66.7 Å². The summed E-state index contributed by atoms with van der Waals surface area (Å²) in [6.07, 6.45) is 0. The molecule has 1 N–H and O–H groups in total. The van der Waals surface area contributed by atoms with Crippen LogP contribution in [0.15, 0.2) is 28.9 Å². The largest absolute Gasteiger partial charge is 0.395 e. The van der Waals surface area contributed by atoms with Crippen LogP contribution >= 0.6 is 0 Å². The number of aliphatic hydroxyl groups excluding tert-OH is 1. The van der Waals surface area contributed by atoms with Gasteiger partial charge in [-0.05, 0) is 47.4 Å². The molecule has 10 heteroatoms. The number of aryl methyl sites for hydroxylation is 2. The van der Waals surface area contributed by atoms with Gasteiger partial charge in [0.2, 0.25) is 5.52 Å². The highest BCUT2D eigenvalue weighted by molar-refractivity contribution is 6.00. The Bertz CT molecular complexity index is 1110. The molecule has 3 aromatic rings. The Hall–Kier alpha value is -3.40. The number of nitro benzene ring substituents is 1. The Morgan fingerprint density at radius 3 is 2.39 bits per heavy atom. The lowest BCUT2D eigenvalue weighted by Gasteiger charge is -2.38. The van der Waals surface area contributed by atoms with E-state index >= 15 is 0 Å². The standard InChI is InChI=1S/C21H26N6O4/c1-14-4-5-15(2)16(12-14)25-6-8-26(9-7-25)17-13-18(24(3)10-11-28)21(27(29)30)20-19(17)22-31-23-20/h4-5,12-13,28H,6-11H2,1-3H3. The van der Waals surface area contributed by atoms with Crippen molar-refractivity contribution in [3.05, 3.63) is 45.5 Å². The lowest BCUT2D eigenvalue weighted by molar-refractivity contribution is -0.382. The first-order chi connectivity index (χ1) is 14.9. The maximum atomic E-state index is 11.8. The molecule has 0 unspecified atom stereocenters. The second-order valence-corrected chi connectivity index (χ2v) is 7.89. The summed E-state index contributed by atoms with van der Waals surface area (Å²) in [5.74, 6) is 0. The summed E-state index contributed by atoms with van der Waals surface area (Å²) in [5.41, 5.74) is 5.18. The number of aromatic nitrogens is 2. The molecule has 0 radical (unpaired) electrons. The zero-order chi connectivity index (χ0) is 22.1. The lowest BCUT2D eigenvalue weighted by atomic mass is 10.1. The lowest BCUT2D eigenvalue weighted by Crippen LogP contribution is -2.47. The van der Waals surface area contributed by atoms with Gasteiger partial charge in [0.1, 0.15) is 5.69 Å². The molecule has 1 aliphatic rings. The quantitative estimate of drug-likeness (QED) is 0.469. The van der Waals surface area contributed by atoms with Crippen LogP contribution in [-0.2, 0) is 0 Å². The van der Waals surface area contributed by atoms with Gasteiger partial charge < -0.3 is 19.8 Å². The van der Waals surface area contributed by atoms with Crippen LogP contribution in [0, 0.1) is 24.0 Å². The summed E-state index contributed by atoms with van der Waals surface area (Å²) in [5, 5.41) is 28.9. The van der Waals surface area contributed by atoms with Gasteiger partial charge in [-0.3, -0.25) is 10.1 Å². The summed E-state index contributed by atoms with van der Waals surface area (Å²) in [6.45, 7) is 7.45. The van der Waals surface area contributed by atoms with E-state index in [1.165, 1.54) is 16.8 Å². The third-order valence-corrected chi connectivity index (χ3v) is 5.83. The zero-order valence-electron chi connectivity index (χ0n) is 17.9. The molecule has 0 spiro atoms. The van der Waals surface area contributed by atoms with E-state index < -0.39 is 4.92 Å². The van der Waals surface area contributed by atoms with E-state index in [9.17, 15) is 15.2 Å². The highest BCUT2D eigenvalue weighted by Crippen LogP contribution is 2.40. The highest BCUT2D eigenvalue weighted by atomic mass is 16.6. The van der Waals surface area contributed by atoms with Crippen LogP contribution in [0.25, 0.3) is 11.0 Å². The minimum Gasteiger partial charge on any atom is -0.395 e. The summed E-state index contributed by atoms with van der Waals surface area (Å²) < 4.78 is 4.89. The number of aliphatic hydroxyl groups is 1. The van der Waals surface area contributed by atoms with Crippen LogP contribution in [0.1, 0.15) is 11.1 Å². The molecular weight excluding hydrogens is 400 g/mol. The van der Waals surface area contributed by atoms with Crippen LogP contribution < -0.4 is 14.7 Å². The fourth-order valence-corrected chi connectivity index (χ4v) is 4.13. The van der Waals surface area contributed by atoms with Crippen LogP contribution in [0.2, 0.25) is 0 Å². The maximum Gasteiger partial charge on any atom is 0.323 e. The van der Waals surface area contributed by atoms with Crippen LogP contribution in [0.5, 0.6) is 0 Å². The number of anilines is 3. The molecule has 1 fully saturated rings. The highest BCUT2D eigenvalue weighted by Gasteiger charge is 2.30. The number of likely N-dealkylation sites (N-methyl/N-ethyl adjacent to an activating group) is 1. The third-order valence-electron chi connectivity index (χ3n) is 5.83. The molecule has 10 nitrogen and oxygen atoms in total. The van der Waals surface area contributed by atoms with E-state index in [4.69, 9.17) is 4.63 Å². The number of hydrogen-bond donors (Lipinski definition) is 1. The fourth-order valence-electron chi connectivity index (χ4n) is 4.13. The van der Waals surface area contributed by atoms with Crippen molar-refractivity contribution in [1.29, 1.82) is 0 Å². The van der Waals surface area contributed by atoms with Crippen molar-refractivity contribution in [2.45, 2.75) is 13.8 Å². The first-order valence-corrected chi connectivity index (χ1v) is 10.2. The van der Waals surface area contributed by atoms with Gasteiger partial charge in [0.05, 0.1) is 17.2 Å². The molecule has 1 aliphatic heterocycles. The molecular formula is C21H26N6O4. The number of fused-ring (bicyclic) bond motifs is 1. The second kappa shape index (κ2) is 8.38. The topological polar surface area (TPSA) is 112 Å². The van der Waals surface area contributed by atoms with Crippen molar-refractivity contribution in [3.8, 4) is 0 Å². The van der Waals surface area contributed by atoms with Crippen molar-refractivity contribution >= 4 is 33.8 Å². The first kappa shape index (κ1) is 20.9. The van der Waals surface area contributed by atoms with Gasteiger partial charge in [0.15, 0.2) is 5.52 Å². The predicted molar refractivity (Wildman–Crippen MR) is 119 cm³/mol. The van der Waals surface area contributed by atoms with E-state index in [0.29, 0.717) is 11.2 Å². The Kier molecular flexibility index (Phi) is 5.64. The van der Waals surface area contributed by atoms with Crippen molar-refractivity contribution in [3.63, 3.8) is 0 Å². The maximum absolute atomic E-state index is 11.8. The number of rotatable bonds is 6. The molecule has 2 aromatic carbocycles. The van der Waals surface area contributed by atoms with Crippen LogP contribution in [0.3, 0.4) is 0 Å². The van der Waals surface area contributed by atoms with E-state index in [2.05, 4.69) is 52.2 Å². The van der Waals surface area contributed by atoms with Gasteiger partial charge >= 0.3 is 5.69 Å². The molecule has 0 saturated carbocycles. The number of nitrogens with zero attached hydrogens (tertiary/aromatic N) is 6. The third kappa shape index (κ3) is 3.86. The molecule has 1 saturated heterocycles. The molecule has 0 bridgehead atoms. The van der Waals surface area contributed by atoms with Crippen molar-refractivity contribution in [2.75, 3.05) is 61.1 Å². The minimum atomic E-state index is -0.474. The number of piperazine rings is 1. The van der Waals surface area contributed by atoms with Gasteiger partial charge in [-0.1, -0.05) is 12.1 Å². The molecule has 4 rings (SSSR count). The Morgan fingerprint density at radius 1 is 1.10 bits per heavy atom. The average Bonchev–Trinajstić information content (AvgIpc) is 3.24. The van der Waals surface area contributed by atoms with E-state index in [1.54, 1.807) is 18.0 Å². The first-order valence-electron chi connectivity index (χ1n) is 10.2. The van der Waals surface area contributed by atoms with Crippen molar-refractivity contribution in [2.24, 2.45) is 0 Å². The normalized spacial score (nSPS) is 14.3. The molecule has 0 atom stereocenters. The molecule has 31 heavy (non-hydrogen) atoms. The van der Waals surface area contributed by atoms with Gasteiger partial charge in [-0.15, -0.1) is 0 Å². The molecule has 0 aliphatic carbocycles. The Labute approximate surface area is 179 Å². The average molecular weight is 426 g/mol. The van der Waals surface area contributed by atoms with Crippen molar-refractivity contribution in [1.82, 2.24) is 10.3 Å². The zero-order valence-corrected chi connectivity index (χ0v) is 17.9. The second-order valence-electron chi connectivity index (χ2n) is 7.89. The number of benzene rings is 2. The van der Waals surface area contributed by atoms with E-state index in [0.717, 1.165) is 31.9 Å². The fraction of sp³-hybridized carbons (Fsp3) is 0.429. The molecule has 164 valence electrons. The number of nitro groups is 1. The van der Waals surface area contributed by atoms with E-state index in [1.807, 2.05) is 0 Å². The molecule has 0 amide bonds. The smallest absolute Gasteiger partial charge is 0.323 e. The Balaban J connectivity index is 1.67. The van der Waals surface area contributed by atoms with Crippen LogP contribution in [0.4, 0.5) is 22.7 Å². The van der Waals surface area contributed by atoms with Gasteiger partial charge in [0, 0.05) is 45.5 Å². The molecule has 2 heterocycles. The van der Waals surface area contributed by atoms with Gasteiger partial charge in [0.25, 0.3) is 0 Å². The van der Waals surface area contributed by atoms with Gasteiger partial charge in [-0.25, -0.2) is 4.63 Å². The summed E-state index contributed by atoms with van der Waals surface area (Å²) in [7, 11) is 1.71. The summed E-state index contributed by atoms with van der Waals surface area (Å²) in [6, 6.07) is 8.22. The summed E-state index contributed by atoms with van der Waals surface area (Å²) >= 11 is 0. The Morgan fingerprint density at radius 2 is 1.74 bits per heavy atom.